The molecule has 0 bridgehead atoms. The Hall–Kier alpha value is -3.78. The van der Waals surface area contributed by atoms with Crippen LogP contribution in [0, 0.1) is 0 Å². The van der Waals surface area contributed by atoms with E-state index in [-0.39, 0.29) is 5.56 Å². The Morgan fingerprint density at radius 2 is 1.87 bits per heavy atom. The molecular formula is C22H17N3O4S. The maximum absolute atomic E-state index is 12.7. The van der Waals surface area contributed by atoms with Gasteiger partial charge in [-0.1, -0.05) is 53.8 Å². The summed E-state index contributed by atoms with van der Waals surface area (Å²) >= 11 is 1.25. The Kier molecular flexibility index (Phi) is 5.40. The van der Waals surface area contributed by atoms with Gasteiger partial charge in [-0.05, 0) is 35.4 Å². The highest BCUT2D eigenvalue weighted by molar-refractivity contribution is 7.15. The number of aromatic nitrogens is 3. The fourth-order valence-corrected chi connectivity index (χ4v) is 3.73. The van der Waals surface area contributed by atoms with Crippen LogP contribution < -0.4 is 19.6 Å². The van der Waals surface area contributed by atoms with Gasteiger partial charge in [0.2, 0.25) is 4.96 Å². The third kappa shape index (κ3) is 4.13. The van der Waals surface area contributed by atoms with E-state index in [0.29, 0.717) is 26.8 Å². The summed E-state index contributed by atoms with van der Waals surface area (Å²) < 4.78 is 12.2. The zero-order valence-electron chi connectivity index (χ0n) is 16.2. The molecule has 0 saturated carbocycles. The van der Waals surface area contributed by atoms with Crippen LogP contribution in [0.2, 0.25) is 0 Å². The number of ether oxygens (including phenoxy) is 2. The van der Waals surface area contributed by atoms with Crippen molar-refractivity contribution in [3.8, 4) is 11.5 Å². The van der Waals surface area contributed by atoms with Crippen LogP contribution in [-0.2, 0) is 4.79 Å². The van der Waals surface area contributed by atoms with E-state index >= 15 is 0 Å². The third-order valence-electron chi connectivity index (χ3n) is 4.16. The van der Waals surface area contributed by atoms with Gasteiger partial charge in [-0.3, -0.25) is 9.59 Å². The number of methoxy groups -OCH3 is 1. The summed E-state index contributed by atoms with van der Waals surface area (Å²) in [6.45, 7) is 1.32. The summed E-state index contributed by atoms with van der Waals surface area (Å²) in [6.07, 6.45) is 5.40. The summed E-state index contributed by atoms with van der Waals surface area (Å²) in [5.74, 6) is 0.761. The molecule has 30 heavy (non-hydrogen) atoms. The van der Waals surface area contributed by atoms with Gasteiger partial charge in [-0.15, -0.1) is 5.10 Å². The van der Waals surface area contributed by atoms with Gasteiger partial charge < -0.3 is 9.47 Å². The second-order valence-electron chi connectivity index (χ2n) is 6.33. The van der Waals surface area contributed by atoms with Crippen LogP contribution in [0.3, 0.4) is 0 Å². The maximum Gasteiger partial charge on any atom is 0.308 e. The van der Waals surface area contributed by atoms with Gasteiger partial charge in [0.05, 0.1) is 11.6 Å². The quantitative estimate of drug-likeness (QED) is 0.365. The minimum Gasteiger partial charge on any atom is -0.493 e. The zero-order valence-corrected chi connectivity index (χ0v) is 17.1. The number of carbonyl (C=O) groups is 1. The SMILES string of the molecule is COc1cc(/C=c2\sc3nc(/C=C/c4ccccc4)nn3c2=O)ccc1OC(C)=O. The minimum absolute atomic E-state index is 0.245. The highest BCUT2D eigenvalue weighted by Crippen LogP contribution is 2.28. The number of hydrogen-bond acceptors (Lipinski definition) is 7. The van der Waals surface area contributed by atoms with Crippen LogP contribution in [0.1, 0.15) is 23.9 Å². The summed E-state index contributed by atoms with van der Waals surface area (Å²) in [6, 6.07) is 14.9. The lowest BCUT2D eigenvalue weighted by Gasteiger charge is -2.08. The molecule has 0 saturated heterocycles. The molecule has 4 aromatic rings. The molecule has 0 radical (unpaired) electrons. The molecule has 0 spiro atoms. The van der Waals surface area contributed by atoms with Crippen molar-refractivity contribution < 1.29 is 14.3 Å². The summed E-state index contributed by atoms with van der Waals surface area (Å²) in [7, 11) is 1.48. The van der Waals surface area contributed by atoms with Gasteiger partial charge in [-0.25, -0.2) is 0 Å². The van der Waals surface area contributed by atoms with Crippen molar-refractivity contribution in [3.05, 3.63) is 80.4 Å². The predicted octanol–water partition coefficient (Wildman–Crippen LogP) is 2.80. The van der Waals surface area contributed by atoms with E-state index in [9.17, 15) is 9.59 Å². The molecule has 0 aliphatic carbocycles. The van der Waals surface area contributed by atoms with Crippen molar-refractivity contribution in [2.45, 2.75) is 6.92 Å². The van der Waals surface area contributed by atoms with Crippen molar-refractivity contribution in [1.82, 2.24) is 14.6 Å². The summed E-state index contributed by atoms with van der Waals surface area (Å²) in [5, 5.41) is 4.28. The van der Waals surface area contributed by atoms with Gasteiger partial charge in [0, 0.05) is 6.92 Å². The van der Waals surface area contributed by atoms with E-state index in [1.807, 2.05) is 36.4 Å². The second kappa shape index (κ2) is 8.30. The first-order chi connectivity index (χ1) is 14.5. The molecule has 2 aromatic heterocycles. The van der Waals surface area contributed by atoms with E-state index in [2.05, 4.69) is 10.1 Å². The number of esters is 1. The topological polar surface area (TPSA) is 82.8 Å². The van der Waals surface area contributed by atoms with Crippen molar-refractivity contribution in [3.63, 3.8) is 0 Å². The average molecular weight is 419 g/mol. The molecule has 150 valence electrons. The molecule has 7 nitrogen and oxygen atoms in total. The fraction of sp³-hybridized carbons (Fsp3) is 0.0909. The van der Waals surface area contributed by atoms with Crippen molar-refractivity contribution in [2.75, 3.05) is 7.11 Å². The number of carbonyl (C=O) groups excluding carboxylic acids is 1. The van der Waals surface area contributed by atoms with Gasteiger partial charge in [0.1, 0.15) is 0 Å². The lowest BCUT2D eigenvalue weighted by atomic mass is 10.2. The molecule has 4 rings (SSSR count). The lowest BCUT2D eigenvalue weighted by molar-refractivity contribution is -0.132. The predicted molar refractivity (Wildman–Crippen MR) is 116 cm³/mol. The van der Waals surface area contributed by atoms with E-state index in [1.54, 1.807) is 30.4 Å². The summed E-state index contributed by atoms with van der Waals surface area (Å²) in [4.78, 5) is 28.8. The van der Waals surface area contributed by atoms with Crippen LogP contribution in [-0.4, -0.2) is 27.7 Å². The number of benzene rings is 2. The van der Waals surface area contributed by atoms with Gasteiger partial charge >= 0.3 is 5.97 Å². The molecule has 0 unspecified atom stereocenters. The van der Waals surface area contributed by atoms with Crippen LogP contribution in [0.25, 0.3) is 23.2 Å². The molecule has 0 fully saturated rings. The number of nitrogens with zero attached hydrogens (tertiary/aromatic N) is 3. The van der Waals surface area contributed by atoms with E-state index in [0.717, 1.165) is 11.1 Å². The number of hydrogen-bond donors (Lipinski definition) is 0. The average Bonchev–Trinajstić information content (AvgIpc) is 3.27. The van der Waals surface area contributed by atoms with Gasteiger partial charge in [0.25, 0.3) is 5.56 Å². The van der Waals surface area contributed by atoms with E-state index in [1.165, 1.54) is 29.9 Å². The van der Waals surface area contributed by atoms with Crippen molar-refractivity contribution in [1.29, 1.82) is 0 Å². The second-order valence-corrected chi connectivity index (χ2v) is 7.34. The number of rotatable bonds is 5. The molecule has 0 aliphatic rings. The molecular weight excluding hydrogens is 402 g/mol. The van der Waals surface area contributed by atoms with E-state index < -0.39 is 5.97 Å². The third-order valence-corrected chi connectivity index (χ3v) is 5.12. The smallest absolute Gasteiger partial charge is 0.308 e. The molecule has 2 heterocycles. The van der Waals surface area contributed by atoms with Crippen LogP contribution in [0.5, 0.6) is 11.5 Å². The summed E-state index contributed by atoms with van der Waals surface area (Å²) in [5.41, 5.74) is 1.51. The molecule has 8 heteroatoms. The Morgan fingerprint density at radius 1 is 1.07 bits per heavy atom. The Morgan fingerprint density at radius 3 is 2.57 bits per heavy atom. The first kappa shape index (κ1) is 19.5. The van der Waals surface area contributed by atoms with Crippen LogP contribution in [0.4, 0.5) is 0 Å². The maximum atomic E-state index is 12.7. The van der Waals surface area contributed by atoms with Gasteiger partial charge in [-0.2, -0.15) is 9.50 Å². The molecule has 2 aromatic carbocycles. The molecule has 0 aliphatic heterocycles. The first-order valence-corrected chi connectivity index (χ1v) is 9.86. The first-order valence-electron chi connectivity index (χ1n) is 9.04. The number of fused-ring (bicyclic) bond motifs is 1. The monoisotopic (exact) mass is 419 g/mol. The van der Waals surface area contributed by atoms with Crippen molar-refractivity contribution >= 4 is 40.5 Å². The van der Waals surface area contributed by atoms with Crippen molar-refractivity contribution in [2.24, 2.45) is 0 Å². The highest BCUT2D eigenvalue weighted by Gasteiger charge is 2.10. The Balaban J connectivity index is 1.65. The van der Waals surface area contributed by atoms with E-state index in [4.69, 9.17) is 9.47 Å². The molecule has 0 N–H and O–H groups in total. The van der Waals surface area contributed by atoms with Gasteiger partial charge in [0.15, 0.2) is 17.3 Å². The van der Waals surface area contributed by atoms with Crippen LogP contribution >= 0.6 is 11.3 Å². The normalized spacial score (nSPS) is 12.0. The fourth-order valence-electron chi connectivity index (χ4n) is 2.82. The lowest BCUT2D eigenvalue weighted by Crippen LogP contribution is -2.23. The largest absolute Gasteiger partial charge is 0.493 e. The molecule has 0 amide bonds. The Labute approximate surface area is 175 Å². The standard InChI is InChI=1S/C22H17N3O4S/c1-14(26)29-17-10-8-16(12-18(17)28-2)13-19-21(27)25-22(30-19)23-20(24-25)11-9-15-6-4-3-5-7-15/h3-13H,1-2H3/b11-9+,19-13-. The number of thiazole rings is 1. The minimum atomic E-state index is -0.436. The zero-order chi connectivity index (χ0) is 21.1. The Bertz CT molecular complexity index is 1360. The van der Waals surface area contributed by atoms with Crippen LogP contribution in [0.15, 0.2) is 53.3 Å². The highest BCUT2D eigenvalue weighted by atomic mass is 32.1. The molecule has 0 atom stereocenters.